The van der Waals surface area contributed by atoms with E-state index in [1.165, 1.54) is 23.7 Å². The highest BCUT2D eigenvalue weighted by atomic mass is 16.1. The van der Waals surface area contributed by atoms with Gasteiger partial charge < -0.3 is 16.8 Å². The first kappa shape index (κ1) is 12.5. The fraction of sp³-hybridized carbons (Fsp3) is 0.200. The Balaban J connectivity index is 1.88. The molecule has 102 valence electrons. The average Bonchev–Trinajstić information content (AvgIpc) is 2.88. The lowest BCUT2D eigenvalue weighted by Crippen LogP contribution is -2.14. The van der Waals surface area contributed by atoms with E-state index in [0.29, 0.717) is 5.82 Å². The van der Waals surface area contributed by atoms with E-state index in [4.69, 9.17) is 11.5 Å². The number of aromatic nitrogens is 1. The minimum absolute atomic E-state index is 0.281. The molecule has 2 aromatic rings. The van der Waals surface area contributed by atoms with Crippen LogP contribution in [0.2, 0.25) is 0 Å². The van der Waals surface area contributed by atoms with Crippen LogP contribution in [-0.4, -0.2) is 10.9 Å². The molecule has 0 atom stereocenters. The fourth-order valence-electron chi connectivity index (χ4n) is 2.55. The van der Waals surface area contributed by atoms with E-state index in [1.54, 1.807) is 6.07 Å². The molecule has 5 nitrogen and oxygen atoms in total. The number of aryl methyl sites for hydroxylation is 2. The molecule has 5 heteroatoms. The van der Waals surface area contributed by atoms with Crippen molar-refractivity contribution >= 4 is 23.1 Å². The Bertz CT molecular complexity index is 682. The normalized spacial score (nSPS) is 13.0. The number of nitrogens with two attached hydrogens (primary N) is 2. The van der Waals surface area contributed by atoms with E-state index in [2.05, 4.69) is 22.4 Å². The van der Waals surface area contributed by atoms with Gasteiger partial charge in [0.15, 0.2) is 0 Å². The molecule has 1 aliphatic rings. The van der Waals surface area contributed by atoms with Crippen molar-refractivity contribution in [2.45, 2.75) is 19.3 Å². The maximum Gasteiger partial charge on any atom is 0.250 e. The van der Waals surface area contributed by atoms with Crippen molar-refractivity contribution < 1.29 is 4.79 Å². The summed E-state index contributed by atoms with van der Waals surface area (Å²) in [6.07, 6.45) is 4.93. The Hall–Kier alpha value is -2.56. The predicted molar refractivity (Wildman–Crippen MR) is 78.9 cm³/mol. The first-order valence-electron chi connectivity index (χ1n) is 6.57. The molecule has 0 fully saturated rings. The van der Waals surface area contributed by atoms with Gasteiger partial charge in [0.2, 0.25) is 0 Å². The van der Waals surface area contributed by atoms with Gasteiger partial charge in [-0.05, 0) is 48.6 Å². The third-order valence-corrected chi connectivity index (χ3v) is 3.57. The molecule has 0 saturated carbocycles. The van der Waals surface area contributed by atoms with Crippen LogP contribution in [-0.2, 0) is 12.8 Å². The van der Waals surface area contributed by atoms with Crippen LogP contribution in [0, 0.1) is 0 Å². The Kier molecular flexibility index (Phi) is 3.02. The smallest absolute Gasteiger partial charge is 0.250 e. The van der Waals surface area contributed by atoms with Crippen LogP contribution >= 0.6 is 0 Å². The summed E-state index contributed by atoms with van der Waals surface area (Å²) in [5.41, 5.74) is 15.3. The highest BCUT2D eigenvalue weighted by Gasteiger charge is 2.12. The van der Waals surface area contributed by atoms with Gasteiger partial charge in [-0.1, -0.05) is 6.07 Å². The topological polar surface area (TPSA) is 94.0 Å². The van der Waals surface area contributed by atoms with Gasteiger partial charge in [-0.3, -0.25) is 4.79 Å². The lowest BCUT2D eigenvalue weighted by Gasteiger charge is -2.09. The van der Waals surface area contributed by atoms with Crippen molar-refractivity contribution in [3.05, 3.63) is 47.2 Å². The van der Waals surface area contributed by atoms with Gasteiger partial charge in [0.05, 0.1) is 17.4 Å². The monoisotopic (exact) mass is 268 g/mol. The maximum absolute atomic E-state index is 11.3. The number of pyridine rings is 1. The number of carbonyl (C=O) groups excluding carboxylic acids is 1. The van der Waals surface area contributed by atoms with Gasteiger partial charge in [0.25, 0.3) is 5.91 Å². The molecule has 1 amide bonds. The molecule has 5 N–H and O–H groups in total. The number of benzene rings is 1. The number of fused-ring (bicyclic) bond motifs is 1. The van der Waals surface area contributed by atoms with Crippen molar-refractivity contribution in [1.29, 1.82) is 0 Å². The van der Waals surface area contributed by atoms with Crippen LogP contribution in [0.25, 0.3) is 0 Å². The van der Waals surface area contributed by atoms with Crippen molar-refractivity contribution in [1.82, 2.24) is 4.98 Å². The molecular formula is C15H16N4O. The Morgan fingerprint density at radius 3 is 2.80 bits per heavy atom. The average molecular weight is 268 g/mol. The lowest BCUT2D eigenvalue weighted by atomic mass is 10.1. The van der Waals surface area contributed by atoms with Crippen LogP contribution < -0.4 is 16.8 Å². The molecule has 0 aliphatic heterocycles. The molecular weight excluding hydrogens is 252 g/mol. The molecule has 3 rings (SSSR count). The molecule has 1 aromatic heterocycles. The number of nitrogens with one attached hydrogen (secondary N) is 1. The minimum Gasteiger partial charge on any atom is -0.397 e. The highest BCUT2D eigenvalue weighted by molar-refractivity contribution is 5.98. The second-order valence-electron chi connectivity index (χ2n) is 4.98. The van der Waals surface area contributed by atoms with Gasteiger partial charge in [0, 0.05) is 5.69 Å². The molecule has 0 unspecified atom stereocenters. The summed E-state index contributed by atoms with van der Waals surface area (Å²) < 4.78 is 0. The third-order valence-electron chi connectivity index (χ3n) is 3.57. The van der Waals surface area contributed by atoms with Gasteiger partial charge in [-0.25, -0.2) is 4.98 Å². The van der Waals surface area contributed by atoms with Gasteiger partial charge in [-0.15, -0.1) is 0 Å². The minimum atomic E-state index is -0.554. The standard InChI is InChI=1S/C15H16N4O/c16-13-8-18-14(7-12(13)15(17)20)19-11-5-4-9-2-1-3-10(9)6-11/h4-8H,1-3,16H2,(H2,17,20)(H,18,19). The number of hydrogen-bond donors (Lipinski definition) is 3. The first-order chi connectivity index (χ1) is 9.63. The van der Waals surface area contributed by atoms with E-state index >= 15 is 0 Å². The SMILES string of the molecule is NC(=O)c1cc(Nc2ccc3c(c2)CCC3)ncc1N. The van der Waals surface area contributed by atoms with Crippen LogP contribution in [0.1, 0.15) is 27.9 Å². The van der Waals surface area contributed by atoms with E-state index in [-0.39, 0.29) is 11.3 Å². The summed E-state index contributed by atoms with van der Waals surface area (Å²) in [4.78, 5) is 15.4. The van der Waals surface area contributed by atoms with Crippen molar-refractivity contribution in [2.24, 2.45) is 5.73 Å². The fourth-order valence-corrected chi connectivity index (χ4v) is 2.55. The second-order valence-corrected chi connectivity index (χ2v) is 4.98. The van der Waals surface area contributed by atoms with Crippen LogP contribution in [0.4, 0.5) is 17.2 Å². The van der Waals surface area contributed by atoms with E-state index in [9.17, 15) is 4.79 Å². The second kappa shape index (κ2) is 4.85. The zero-order valence-corrected chi connectivity index (χ0v) is 11.0. The zero-order valence-electron chi connectivity index (χ0n) is 11.0. The summed E-state index contributed by atoms with van der Waals surface area (Å²) in [5, 5.41) is 3.18. The van der Waals surface area contributed by atoms with Crippen molar-refractivity contribution in [3.8, 4) is 0 Å². The Morgan fingerprint density at radius 2 is 2.00 bits per heavy atom. The molecule has 20 heavy (non-hydrogen) atoms. The number of rotatable bonds is 3. The molecule has 1 aromatic carbocycles. The number of amides is 1. The largest absolute Gasteiger partial charge is 0.397 e. The predicted octanol–water partition coefficient (Wildman–Crippen LogP) is 1.99. The molecule has 1 aliphatic carbocycles. The Labute approximate surface area is 117 Å². The molecule has 1 heterocycles. The van der Waals surface area contributed by atoms with E-state index in [1.807, 2.05) is 6.07 Å². The summed E-state index contributed by atoms with van der Waals surface area (Å²) in [7, 11) is 0. The van der Waals surface area contributed by atoms with Gasteiger partial charge in [-0.2, -0.15) is 0 Å². The maximum atomic E-state index is 11.3. The summed E-state index contributed by atoms with van der Waals surface area (Å²) in [6, 6.07) is 7.86. The summed E-state index contributed by atoms with van der Waals surface area (Å²) in [5.74, 6) is 0.00727. The van der Waals surface area contributed by atoms with Crippen molar-refractivity contribution in [2.75, 3.05) is 11.1 Å². The number of nitrogen functional groups attached to an aromatic ring is 1. The van der Waals surface area contributed by atoms with Crippen LogP contribution in [0.5, 0.6) is 0 Å². The van der Waals surface area contributed by atoms with Gasteiger partial charge >= 0.3 is 0 Å². The lowest BCUT2D eigenvalue weighted by molar-refractivity contribution is 0.100. The zero-order chi connectivity index (χ0) is 14.1. The number of hydrogen-bond acceptors (Lipinski definition) is 4. The van der Waals surface area contributed by atoms with Gasteiger partial charge in [0.1, 0.15) is 5.82 Å². The molecule has 0 radical (unpaired) electrons. The summed E-state index contributed by atoms with van der Waals surface area (Å²) in [6.45, 7) is 0. The number of primary amides is 1. The molecule has 0 spiro atoms. The van der Waals surface area contributed by atoms with E-state index < -0.39 is 5.91 Å². The number of carbonyl (C=O) groups is 1. The highest BCUT2D eigenvalue weighted by Crippen LogP contribution is 2.26. The van der Waals surface area contributed by atoms with Crippen LogP contribution in [0.15, 0.2) is 30.5 Å². The summed E-state index contributed by atoms with van der Waals surface area (Å²) >= 11 is 0. The Morgan fingerprint density at radius 1 is 1.20 bits per heavy atom. The number of nitrogens with zero attached hydrogens (tertiary/aromatic N) is 1. The molecule has 0 bridgehead atoms. The third kappa shape index (κ3) is 2.30. The first-order valence-corrected chi connectivity index (χ1v) is 6.57. The molecule has 0 saturated heterocycles. The van der Waals surface area contributed by atoms with Crippen LogP contribution in [0.3, 0.4) is 0 Å². The number of anilines is 3. The van der Waals surface area contributed by atoms with E-state index in [0.717, 1.165) is 18.5 Å². The van der Waals surface area contributed by atoms with Crippen molar-refractivity contribution in [3.63, 3.8) is 0 Å². The quantitative estimate of drug-likeness (QED) is 0.793.